The zero-order valence-electron chi connectivity index (χ0n) is 33.0. The van der Waals surface area contributed by atoms with Crippen molar-refractivity contribution in [1.29, 1.82) is 5.26 Å². The third-order valence-electron chi connectivity index (χ3n) is 12.5. The first-order valence-corrected chi connectivity index (χ1v) is 21.4. The highest BCUT2D eigenvalue weighted by Gasteiger charge is 2.50. The Bertz CT molecular complexity index is 3350. The van der Waals surface area contributed by atoms with E-state index in [0.717, 1.165) is 55.9 Å². The van der Waals surface area contributed by atoms with E-state index >= 15 is 0 Å². The highest BCUT2D eigenvalue weighted by atomic mass is 32.2. The maximum Gasteiger partial charge on any atom is 0.145 e. The summed E-state index contributed by atoms with van der Waals surface area (Å²) in [5.74, 6) is 0.908. The molecule has 2 aliphatic rings. The van der Waals surface area contributed by atoms with E-state index in [-0.39, 0.29) is 0 Å². The lowest BCUT2D eigenvalue weighted by molar-refractivity contribution is 0.723. The molecule has 0 radical (unpaired) electrons. The van der Waals surface area contributed by atoms with Crippen molar-refractivity contribution in [3.63, 3.8) is 0 Å². The zero-order chi connectivity index (χ0) is 40.5. The molecule has 12 rings (SSSR count). The van der Waals surface area contributed by atoms with Gasteiger partial charge in [0, 0.05) is 21.0 Å². The lowest BCUT2D eigenvalue weighted by atomic mass is 9.66. The summed E-state index contributed by atoms with van der Waals surface area (Å²) >= 11 is 1.85. The van der Waals surface area contributed by atoms with Gasteiger partial charge in [-0.3, -0.25) is 4.57 Å². The second-order valence-electron chi connectivity index (χ2n) is 15.7. The van der Waals surface area contributed by atoms with E-state index in [1.165, 1.54) is 48.7 Å². The minimum Gasteiger partial charge on any atom is -0.292 e. The summed E-state index contributed by atoms with van der Waals surface area (Å²) in [6, 6.07) is 78.7. The number of hydrogen-bond donors (Lipinski definition) is 0. The molecule has 1 spiro atoms. The Morgan fingerprint density at radius 2 is 1.05 bits per heavy atom. The van der Waals surface area contributed by atoms with Crippen LogP contribution < -0.4 is 0 Å². The van der Waals surface area contributed by atoms with Crippen molar-refractivity contribution in [2.24, 2.45) is 0 Å². The van der Waals surface area contributed by atoms with Gasteiger partial charge in [-0.1, -0.05) is 169 Å². The summed E-state index contributed by atoms with van der Waals surface area (Å²) in [5, 5.41) is 9.60. The van der Waals surface area contributed by atoms with Crippen LogP contribution in [0, 0.1) is 11.3 Å². The van der Waals surface area contributed by atoms with Crippen LogP contribution in [0.2, 0.25) is 0 Å². The van der Waals surface area contributed by atoms with Crippen LogP contribution in [0.1, 0.15) is 27.8 Å². The van der Waals surface area contributed by atoms with Crippen molar-refractivity contribution < 1.29 is 0 Å². The molecular formula is C57H35N3S. The summed E-state index contributed by atoms with van der Waals surface area (Å²) < 4.78 is 2.28. The van der Waals surface area contributed by atoms with Gasteiger partial charge in [0.15, 0.2) is 0 Å². The standard InChI is InChI=1S/C57H35N3S/c58-36-37-26-28-39(29-27-37)44-20-13-23-50-55(44)61-54-33-31-40(35-51(54)57(50)48-21-9-7-18-45(48)46-19-8-10-22-49(46)57)43-32-30-41(34-47(43)38-14-3-1-4-15-38)56-59-52-24-11-12-25-53(52)60(56)42-16-5-2-6-17-42/h1-35H. The lowest BCUT2D eigenvalue weighted by Crippen LogP contribution is -2.32. The number of rotatable bonds is 5. The van der Waals surface area contributed by atoms with Crippen LogP contribution in [0.4, 0.5) is 0 Å². The fourth-order valence-electron chi connectivity index (χ4n) is 9.89. The maximum absolute atomic E-state index is 9.60. The topological polar surface area (TPSA) is 41.6 Å². The first-order valence-electron chi connectivity index (χ1n) is 20.6. The number of fused-ring (bicyclic) bond motifs is 10. The molecule has 2 heterocycles. The number of nitrogens with zero attached hydrogens (tertiary/aromatic N) is 3. The molecule has 0 atom stereocenters. The van der Waals surface area contributed by atoms with Gasteiger partial charge in [-0.2, -0.15) is 5.26 Å². The molecule has 0 saturated carbocycles. The van der Waals surface area contributed by atoms with Crippen molar-refractivity contribution in [1.82, 2.24) is 9.55 Å². The van der Waals surface area contributed by atoms with Crippen LogP contribution in [0.3, 0.4) is 0 Å². The van der Waals surface area contributed by atoms with Gasteiger partial charge in [0.1, 0.15) is 5.82 Å². The molecule has 0 unspecified atom stereocenters. The fraction of sp³-hybridized carbons (Fsp3) is 0.0175. The van der Waals surface area contributed by atoms with E-state index < -0.39 is 5.41 Å². The number of para-hydroxylation sites is 3. The fourth-order valence-corrected chi connectivity index (χ4v) is 11.2. The summed E-state index contributed by atoms with van der Waals surface area (Å²) in [4.78, 5) is 7.73. The van der Waals surface area contributed by atoms with Crippen LogP contribution in [0.15, 0.2) is 222 Å². The Hall–Kier alpha value is -7.71. The van der Waals surface area contributed by atoms with Crippen molar-refractivity contribution in [2.45, 2.75) is 15.2 Å². The molecule has 1 aliphatic carbocycles. The molecule has 9 aromatic carbocycles. The number of imidazole rings is 1. The molecule has 4 heteroatoms. The highest BCUT2D eigenvalue weighted by Crippen LogP contribution is 2.63. The summed E-state index contributed by atoms with van der Waals surface area (Å²) in [7, 11) is 0. The number of aromatic nitrogens is 2. The Morgan fingerprint density at radius 1 is 0.443 bits per heavy atom. The van der Waals surface area contributed by atoms with Gasteiger partial charge in [0.05, 0.1) is 28.1 Å². The summed E-state index contributed by atoms with van der Waals surface area (Å²) in [5.41, 5.74) is 18.9. The van der Waals surface area contributed by atoms with E-state index in [4.69, 9.17) is 4.98 Å². The first kappa shape index (κ1) is 35.3. The van der Waals surface area contributed by atoms with Crippen LogP contribution >= 0.6 is 11.8 Å². The smallest absolute Gasteiger partial charge is 0.145 e. The van der Waals surface area contributed by atoms with E-state index in [1.54, 1.807) is 0 Å². The van der Waals surface area contributed by atoms with E-state index in [9.17, 15) is 5.26 Å². The Kier molecular flexibility index (Phi) is 8.06. The molecule has 3 nitrogen and oxygen atoms in total. The largest absolute Gasteiger partial charge is 0.292 e. The predicted octanol–water partition coefficient (Wildman–Crippen LogP) is 14.4. The average Bonchev–Trinajstić information content (AvgIpc) is 3.87. The minimum atomic E-state index is -0.560. The van der Waals surface area contributed by atoms with E-state index in [0.29, 0.717) is 5.56 Å². The normalized spacial score (nSPS) is 13.0. The molecule has 1 aliphatic heterocycles. The second kappa shape index (κ2) is 14.0. The molecule has 10 aromatic rings. The average molecular weight is 794 g/mol. The molecule has 0 bridgehead atoms. The van der Waals surface area contributed by atoms with Crippen molar-refractivity contribution in [2.75, 3.05) is 0 Å². The van der Waals surface area contributed by atoms with Gasteiger partial charge in [-0.05, 0) is 121 Å². The van der Waals surface area contributed by atoms with Crippen molar-refractivity contribution in [3.8, 4) is 67.7 Å². The van der Waals surface area contributed by atoms with Gasteiger partial charge in [-0.25, -0.2) is 4.98 Å². The monoisotopic (exact) mass is 793 g/mol. The highest BCUT2D eigenvalue weighted by molar-refractivity contribution is 7.99. The molecule has 284 valence electrons. The number of nitriles is 1. The molecule has 0 N–H and O–H groups in total. The minimum absolute atomic E-state index is 0.560. The third kappa shape index (κ3) is 5.35. The molecule has 0 amide bonds. The molecule has 0 saturated heterocycles. The molecule has 61 heavy (non-hydrogen) atoms. The maximum atomic E-state index is 9.60. The van der Waals surface area contributed by atoms with Crippen LogP contribution in [0.5, 0.6) is 0 Å². The Balaban J connectivity index is 1.10. The van der Waals surface area contributed by atoms with Gasteiger partial charge in [-0.15, -0.1) is 0 Å². The number of hydrogen-bond acceptors (Lipinski definition) is 3. The Labute approximate surface area is 358 Å². The zero-order valence-corrected chi connectivity index (χ0v) is 33.8. The quantitative estimate of drug-likeness (QED) is 0.174. The molecule has 1 aromatic heterocycles. The van der Waals surface area contributed by atoms with Crippen molar-refractivity contribution in [3.05, 3.63) is 240 Å². The van der Waals surface area contributed by atoms with Gasteiger partial charge < -0.3 is 0 Å². The summed E-state index contributed by atoms with van der Waals surface area (Å²) in [6.45, 7) is 0. The molecular weight excluding hydrogens is 759 g/mol. The van der Waals surface area contributed by atoms with E-state index in [1.807, 2.05) is 23.9 Å². The predicted molar refractivity (Wildman–Crippen MR) is 249 cm³/mol. The van der Waals surface area contributed by atoms with Gasteiger partial charge in [0.25, 0.3) is 0 Å². The van der Waals surface area contributed by atoms with Crippen LogP contribution in [-0.2, 0) is 5.41 Å². The van der Waals surface area contributed by atoms with Crippen LogP contribution in [-0.4, -0.2) is 9.55 Å². The SMILES string of the molecule is N#Cc1ccc(-c2cccc3c2Sc2ccc(-c4ccc(-c5nc6ccccc6n5-c5ccccc5)cc4-c4ccccc4)cc2C32c3ccccc3-c3ccccc32)cc1. The van der Waals surface area contributed by atoms with E-state index in [2.05, 4.69) is 211 Å². The number of benzene rings is 9. The summed E-state index contributed by atoms with van der Waals surface area (Å²) in [6.07, 6.45) is 0. The third-order valence-corrected chi connectivity index (χ3v) is 13.8. The second-order valence-corrected chi connectivity index (χ2v) is 16.8. The molecule has 0 fully saturated rings. The first-order chi connectivity index (χ1) is 30.2. The Morgan fingerprint density at radius 3 is 1.80 bits per heavy atom. The van der Waals surface area contributed by atoms with Gasteiger partial charge >= 0.3 is 0 Å². The van der Waals surface area contributed by atoms with Crippen LogP contribution in [0.25, 0.3) is 72.6 Å². The van der Waals surface area contributed by atoms with Gasteiger partial charge in [0.2, 0.25) is 0 Å². The lowest BCUT2D eigenvalue weighted by Gasteiger charge is -2.40. The van der Waals surface area contributed by atoms with Crippen molar-refractivity contribution >= 4 is 22.8 Å².